The first-order valence-corrected chi connectivity index (χ1v) is 6.83. The summed E-state index contributed by atoms with van der Waals surface area (Å²) in [4.78, 5) is 8.60. The molecule has 0 spiro atoms. The van der Waals surface area contributed by atoms with E-state index in [1.165, 1.54) is 0 Å². The van der Waals surface area contributed by atoms with E-state index in [1.54, 1.807) is 6.20 Å². The predicted octanol–water partition coefficient (Wildman–Crippen LogP) is 2.71. The highest BCUT2D eigenvalue weighted by Crippen LogP contribution is 2.19. The number of nitrogens with zero attached hydrogens (tertiary/aromatic N) is 4. The van der Waals surface area contributed by atoms with Crippen LogP contribution < -0.4 is 10.6 Å². The summed E-state index contributed by atoms with van der Waals surface area (Å²) in [5.74, 6) is 1.17. The summed E-state index contributed by atoms with van der Waals surface area (Å²) in [6, 6.07) is 4.46. The van der Waals surface area contributed by atoms with E-state index in [-0.39, 0.29) is 0 Å². The standard InChI is InChI=1S/C15H22N6/c1-11-6-18-13(20-10-15(4,5)8-17)21-12(11)19-9-14(2,3)7-16/h6H,9-10H2,1-5H3,(H2,18,19,20,21). The minimum absolute atomic E-state index is 0.465. The topological polar surface area (TPSA) is 97.4 Å². The Morgan fingerprint density at radius 3 is 2.10 bits per heavy atom. The number of rotatable bonds is 6. The molecule has 0 fully saturated rings. The van der Waals surface area contributed by atoms with Crippen LogP contribution in [0.5, 0.6) is 0 Å². The Morgan fingerprint density at radius 1 is 1.05 bits per heavy atom. The minimum atomic E-state index is -0.482. The average molecular weight is 286 g/mol. The highest BCUT2D eigenvalue weighted by atomic mass is 15.1. The molecule has 0 saturated heterocycles. The van der Waals surface area contributed by atoms with Gasteiger partial charge in [-0.1, -0.05) is 0 Å². The quantitative estimate of drug-likeness (QED) is 0.834. The zero-order chi connectivity index (χ0) is 16.1. The van der Waals surface area contributed by atoms with Gasteiger partial charge in [0.2, 0.25) is 5.95 Å². The Bertz CT molecular complexity index is 577. The number of nitriles is 2. The van der Waals surface area contributed by atoms with Crippen molar-refractivity contribution in [3.63, 3.8) is 0 Å². The van der Waals surface area contributed by atoms with Crippen molar-refractivity contribution >= 4 is 11.8 Å². The third-order valence-electron chi connectivity index (χ3n) is 2.96. The number of anilines is 2. The lowest BCUT2D eigenvalue weighted by molar-refractivity contribution is 0.525. The molecular weight excluding hydrogens is 264 g/mol. The SMILES string of the molecule is Cc1cnc(NCC(C)(C)C#N)nc1NCC(C)(C)C#N. The summed E-state index contributed by atoms with van der Waals surface area (Å²) in [5, 5.41) is 24.3. The molecule has 1 aromatic heterocycles. The van der Waals surface area contributed by atoms with Gasteiger partial charge in [0, 0.05) is 24.8 Å². The minimum Gasteiger partial charge on any atom is -0.368 e. The molecule has 0 aliphatic rings. The molecule has 6 heteroatoms. The maximum absolute atomic E-state index is 9.03. The largest absolute Gasteiger partial charge is 0.368 e. The van der Waals surface area contributed by atoms with Crippen LogP contribution in [0.25, 0.3) is 0 Å². The first-order valence-electron chi connectivity index (χ1n) is 6.83. The van der Waals surface area contributed by atoms with Crippen molar-refractivity contribution < 1.29 is 0 Å². The molecule has 2 N–H and O–H groups in total. The molecule has 6 nitrogen and oxygen atoms in total. The number of aromatic nitrogens is 2. The lowest BCUT2D eigenvalue weighted by Crippen LogP contribution is -2.24. The molecule has 112 valence electrons. The van der Waals surface area contributed by atoms with Crippen molar-refractivity contribution in [3.05, 3.63) is 11.8 Å². The lowest BCUT2D eigenvalue weighted by atomic mass is 9.96. The van der Waals surface area contributed by atoms with Crippen molar-refractivity contribution in [2.75, 3.05) is 23.7 Å². The highest BCUT2D eigenvalue weighted by Gasteiger charge is 2.18. The number of nitrogens with one attached hydrogen (secondary N) is 2. The zero-order valence-corrected chi connectivity index (χ0v) is 13.3. The van der Waals surface area contributed by atoms with Gasteiger partial charge in [0.15, 0.2) is 0 Å². The molecule has 0 aliphatic heterocycles. The summed E-state index contributed by atoms with van der Waals surface area (Å²) in [6.07, 6.45) is 1.72. The van der Waals surface area contributed by atoms with E-state index in [0.717, 1.165) is 5.56 Å². The fourth-order valence-corrected chi connectivity index (χ4v) is 1.39. The molecule has 0 aromatic carbocycles. The van der Waals surface area contributed by atoms with Crippen LogP contribution >= 0.6 is 0 Å². The van der Waals surface area contributed by atoms with Crippen LogP contribution in [0.4, 0.5) is 11.8 Å². The molecule has 0 aliphatic carbocycles. The number of aryl methyl sites for hydroxylation is 1. The molecule has 1 rings (SSSR count). The van der Waals surface area contributed by atoms with Crippen molar-refractivity contribution in [1.82, 2.24) is 9.97 Å². The van der Waals surface area contributed by atoms with E-state index in [1.807, 2.05) is 34.6 Å². The van der Waals surface area contributed by atoms with Gasteiger partial charge in [0.1, 0.15) is 5.82 Å². The number of hydrogen-bond acceptors (Lipinski definition) is 6. The van der Waals surface area contributed by atoms with Crippen molar-refractivity contribution in [2.45, 2.75) is 34.6 Å². The third-order valence-corrected chi connectivity index (χ3v) is 2.96. The Kier molecular flexibility index (Phi) is 5.10. The Hall–Kier alpha value is -2.34. The van der Waals surface area contributed by atoms with E-state index in [9.17, 15) is 0 Å². The summed E-state index contributed by atoms with van der Waals surface area (Å²) in [6.45, 7) is 10.3. The molecular formula is C15H22N6. The van der Waals surface area contributed by atoms with E-state index >= 15 is 0 Å². The second-order valence-corrected chi connectivity index (χ2v) is 6.42. The summed E-state index contributed by atoms with van der Waals surface area (Å²) in [5.41, 5.74) is -0.0351. The smallest absolute Gasteiger partial charge is 0.224 e. The predicted molar refractivity (Wildman–Crippen MR) is 82.5 cm³/mol. The summed E-state index contributed by atoms with van der Waals surface area (Å²) in [7, 11) is 0. The van der Waals surface area contributed by atoms with Gasteiger partial charge in [0.25, 0.3) is 0 Å². The maximum atomic E-state index is 9.03. The van der Waals surface area contributed by atoms with Gasteiger partial charge in [-0.3, -0.25) is 0 Å². The second-order valence-electron chi connectivity index (χ2n) is 6.42. The van der Waals surface area contributed by atoms with Gasteiger partial charge >= 0.3 is 0 Å². The Labute approximate surface area is 126 Å². The molecule has 0 radical (unpaired) electrons. The third kappa shape index (κ3) is 5.27. The molecule has 0 atom stereocenters. The normalized spacial score (nSPS) is 11.4. The van der Waals surface area contributed by atoms with Crippen LogP contribution in [0.1, 0.15) is 33.3 Å². The molecule has 1 heterocycles. The van der Waals surface area contributed by atoms with Gasteiger partial charge < -0.3 is 10.6 Å². The van der Waals surface area contributed by atoms with Crippen LogP contribution in [0.3, 0.4) is 0 Å². The van der Waals surface area contributed by atoms with Crippen LogP contribution in [-0.4, -0.2) is 23.1 Å². The Balaban J connectivity index is 2.77. The first-order chi connectivity index (χ1) is 9.69. The molecule has 0 unspecified atom stereocenters. The monoisotopic (exact) mass is 286 g/mol. The average Bonchev–Trinajstić information content (AvgIpc) is 2.45. The van der Waals surface area contributed by atoms with E-state index < -0.39 is 10.8 Å². The van der Waals surface area contributed by atoms with E-state index in [4.69, 9.17) is 10.5 Å². The molecule has 0 amide bonds. The second kappa shape index (κ2) is 6.41. The van der Waals surface area contributed by atoms with E-state index in [0.29, 0.717) is 24.9 Å². The Morgan fingerprint density at radius 2 is 1.57 bits per heavy atom. The first kappa shape index (κ1) is 16.7. The maximum Gasteiger partial charge on any atom is 0.224 e. The van der Waals surface area contributed by atoms with Crippen molar-refractivity contribution in [2.24, 2.45) is 10.8 Å². The van der Waals surface area contributed by atoms with Gasteiger partial charge in [0.05, 0.1) is 23.0 Å². The van der Waals surface area contributed by atoms with Crippen LogP contribution in [-0.2, 0) is 0 Å². The molecule has 1 aromatic rings. The fourth-order valence-electron chi connectivity index (χ4n) is 1.39. The summed E-state index contributed by atoms with van der Waals surface area (Å²) >= 11 is 0. The van der Waals surface area contributed by atoms with Gasteiger partial charge in [-0.05, 0) is 34.6 Å². The van der Waals surface area contributed by atoms with E-state index in [2.05, 4.69) is 32.7 Å². The van der Waals surface area contributed by atoms with Gasteiger partial charge in [-0.15, -0.1) is 0 Å². The van der Waals surface area contributed by atoms with Crippen LogP contribution in [0.2, 0.25) is 0 Å². The fraction of sp³-hybridized carbons (Fsp3) is 0.600. The molecule has 21 heavy (non-hydrogen) atoms. The van der Waals surface area contributed by atoms with Crippen LogP contribution in [0, 0.1) is 40.4 Å². The molecule has 0 bridgehead atoms. The zero-order valence-electron chi connectivity index (χ0n) is 13.3. The van der Waals surface area contributed by atoms with Gasteiger partial charge in [-0.25, -0.2) is 4.98 Å². The van der Waals surface area contributed by atoms with Gasteiger partial charge in [-0.2, -0.15) is 15.5 Å². The van der Waals surface area contributed by atoms with Crippen LogP contribution in [0.15, 0.2) is 6.20 Å². The number of hydrogen-bond donors (Lipinski definition) is 2. The summed E-state index contributed by atoms with van der Waals surface area (Å²) < 4.78 is 0. The highest BCUT2D eigenvalue weighted by molar-refractivity contribution is 5.46. The molecule has 0 saturated carbocycles. The van der Waals surface area contributed by atoms with Crippen molar-refractivity contribution in [1.29, 1.82) is 10.5 Å². The lowest BCUT2D eigenvalue weighted by Gasteiger charge is -2.19. The van der Waals surface area contributed by atoms with Crippen molar-refractivity contribution in [3.8, 4) is 12.1 Å².